The van der Waals surface area contributed by atoms with Crippen molar-refractivity contribution in [3.05, 3.63) is 35.9 Å². The molecule has 13 heavy (non-hydrogen) atoms. The van der Waals surface area contributed by atoms with Crippen molar-refractivity contribution in [3.63, 3.8) is 0 Å². The Labute approximate surface area is 86.5 Å². The number of benzene rings is 1. The van der Waals surface area contributed by atoms with Crippen LogP contribution in [-0.4, -0.2) is 27.9 Å². The summed E-state index contributed by atoms with van der Waals surface area (Å²) in [6.07, 6.45) is 0.238. The zero-order chi connectivity index (χ0) is 9.68. The molecule has 1 aromatic carbocycles. The molecule has 0 bridgehead atoms. The van der Waals surface area contributed by atoms with Crippen molar-refractivity contribution in [2.75, 3.05) is 0 Å². The number of carbonyl (C=O) groups is 1. The molecule has 0 radical (unpaired) electrons. The molecular formula is C10H13AsO2. The summed E-state index contributed by atoms with van der Waals surface area (Å²) in [6.45, 7) is 0. The summed E-state index contributed by atoms with van der Waals surface area (Å²) in [6, 6.07) is 9.84. The predicted octanol–water partition coefficient (Wildman–Crippen LogP) is 1.30. The standard InChI is InChI=1S/C10H13AsO2/c11-7-9(6-10(12)13)8-4-2-1-3-5-8/h1-5,9H,6-7,11H2,(H,12,13). The van der Waals surface area contributed by atoms with Gasteiger partial charge >= 0.3 is 86.2 Å². The summed E-state index contributed by atoms with van der Waals surface area (Å²) in [5, 5.41) is 9.62. The summed E-state index contributed by atoms with van der Waals surface area (Å²) < 4.78 is 0. The van der Waals surface area contributed by atoms with Gasteiger partial charge in [-0.2, -0.15) is 0 Å². The molecule has 0 aliphatic carbocycles. The van der Waals surface area contributed by atoms with Gasteiger partial charge in [-0.05, 0) is 0 Å². The fourth-order valence-corrected chi connectivity index (χ4v) is 2.19. The van der Waals surface area contributed by atoms with Crippen LogP contribution < -0.4 is 0 Å². The van der Waals surface area contributed by atoms with Crippen LogP contribution in [0.2, 0.25) is 5.21 Å². The third-order valence-corrected chi connectivity index (χ3v) is 3.17. The van der Waals surface area contributed by atoms with Crippen molar-refractivity contribution < 1.29 is 9.90 Å². The van der Waals surface area contributed by atoms with E-state index in [4.69, 9.17) is 5.11 Å². The van der Waals surface area contributed by atoms with Crippen LogP contribution in [0.5, 0.6) is 0 Å². The van der Waals surface area contributed by atoms with Gasteiger partial charge in [-0.3, -0.25) is 0 Å². The maximum atomic E-state index is 10.5. The van der Waals surface area contributed by atoms with Crippen molar-refractivity contribution in [1.29, 1.82) is 0 Å². The first-order valence-corrected chi connectivity index (χ1v) is 5.92. The second-order valence-electron chi connectivity index (χ2n) is 2.94. The van der Waals surface area contributed by atoms with Crippen LogP contribution in [0.4, 0.5) is 0 Å². The molecule has 2 unspecified atom stereocenters. The van der Waals surface area contributed by atoms with Crippen LogP contribution in [-0.2, 0) is 4.79 Å². The number of carboxylic acids is 1. The summed E-state index contributed by atoms with van der Waals surface area (Å²) in [5.41, 5.74) is 1.13. The molecule has 0 aromatic heterocycles. The molecule has 2 atom stereocenters. The van der Waals surface area contributed by atoms with Crippen LogP contribution in [0.25, 0.3) is 0 Å². The Morgan fingerprint density at radius 3 is 2.46 bits per heavy atom. The van der Waals surface area contributed by atoms with E-state index in [9.17, 15) is 4.79 Å². The van der Waals surface area contributed by atoms with E-state index in [2.05, 4.69) is 0 Å². The molecule has 70 valence electrons. The van der Waals surface area contributed by atoms with Gasteiger partial charge in [-0.25, -0.2) is 0 Å². The minimum absolute atomic E-state index is 0.179. The van der Waals surface area contributed by atoms with Gasteiger partial charge in [0.1, 0.15) is 0 Å². The van der Waals surface area contributed by atoms with Gasteiger partial charge in [-0.1, -0.05) is 0 Å². The monoisotopic (exact) mass is 240 g/mol. The van der Waals surface area contributed by atoms with Crippen LogP contribution in [0.1, 0.15) is 17.9 Å². The van der Waals surface area contributed by atoms with E-state index in [-0.39, 0.29) is 12.3 Å². The van der Waals surface area contributed by atoms with E-state index in [1.54, 1.807) is 16.9 Å². The van der Waals surface area contributed by atoms with Crippen LogP contribution in [0, 0.1) is 0 Å². The molecule has 1 N–H and O–H groups in total. The average Bonchev–Trinajstić information content (AvgIpc) is 2.15. The molecule has 0 saturated carbocycles. The van der Waals surface area contributed by atoms with E-state index < -0.39 is 5.97 Å². The molecule has 2 nitrogen and oxygen atoms in total. The van der Waals surface area contributed by atoms with E-state index in [1.807, 2.05) is 30.3 Å². The van der Waals surface area contributed by atoms with Crippen molar-refractivity contribution in [2.45, 2.75) is 17.5 Å². The molecule has 1 rings (SSSR count). The Morgan fingerprint density at radius 2 is 2.00 bits per heavy atom. The molecule has 0 spiro atoms. The third kappa shape index (κ3) is 3.23. The molecule has 1 aromatic rings. The first-order chi connectivity index (χ1) is 6.24. The summed E-state index contributed by atoms with van der Waals surface area (Å²) in [5.74, 6) is -0.537. The number of aliphatic carboxylic acids is 1. The Morgan fingerprint density at radius 1 is 1.38 bits per heavy atom. The first-order valence-electron chi connectivity index (χ1n) is 4.21. The minimum atomic E-state index is -0.716. The molecule has 0 aliphatic heterocycles. The fraction of sp³-hybridized carbons (Fsp3) is 0.300. The van der Waals surface area contributed by atoms with E-state index in [1.165, 1.54) is 0 Å². The second-order valence-corrected chi connectivity index (χ2v) is 3.93. The van der Waals surface area contributed by atoms with Crippen LogP contribution >= 0.6 is 0 Å². The zero-order valence-corrected chi connectivity index (χ0v) is 9.73. The van der Waals surface area contributed by atoms with Gasteiger partial charge in [0.05, 0.1) is 0 Å². The molecule has 3 heteroatoms. The summed E-state index contributed by atoms with van der Waals surface area (Å²) >= 11 is 1.58. The number of hydrogen-bond donors (Lipinski definition) is 1. The van der Waals surface area contributed by atoms with E-state index in [0.717, 1.165) is 10.8 Å². The van der Waals surface area contributed by atoms with Crippen molar-refractivity contribution in [2.24, 2.45) is 0 Å². The molecule has 0 saturated heterocycles. The molecule has 0 amide bonds. The zero-order valence-electron chi connectivity index (χ0n) is 7.31. The van der Waals surface area contributed by atoms with E-state index in [0.29, 0.717) is 0 Å². The summed E-state index contributed by atoms with van der Waals surface area (Å²) in [7, 11) is 0. The summed E-state index contributed by atoms with van der Waals surface area (Å²) in [4.78, 5) is 10.5. The Hall–Kier alpha value is -0.752. The van der Waals surface area contributed by atoms with Gasteiger partial charge in [0.2, 0.25) is 0 Å². The Bertz CT molecular complexity index is 272. The Balaban J connectivity index is 2.73. The fourth-order valence-electron chi connectivity index (χ4n) is 1.27. The third-order valence-electron chi connectivity index (χ3n) is 1.98. The maximum absolute atomic E-state index is 10.5. The first kappa shape index (κ1) is 10.3. The SMILES string of the molecule is O=C(O)CC(C[AsH2])c1ccccc1. The van der Waals surface area contributed by atoms with Crippen LogP contribution in [0.3, 0.4) is 0 Å². The van der Waals surface area contributed by atoms with Crippen LogP contribution in [0.15, 0.2) is 30.3 Å². The van der Waals surface area contributed by atoms with E-state index >= 15 is 0 Å². The quantitative estimate of drug-likeness (QED) is 0.805. The normalized spacial score (nSPS) is 12.4. The number of hydrogen-bond acceptors (Lipinski definition) is 1. The van der Waals surface area contributed by atoms with Crippen molar-refractivity contribution in [1.82, 2.24) is 0 Å². The average molecular weight is 240 g/mol. The van der Waals surface area contributed by atoms with Gasteiger partial charge < -0.3 is 0 Å². The second kappa shape index (κ2) is 5.08. The molecule has 0 aliphatic rings. The number of rotatable bonds is 4. The van der Waals surface area contributed by atoms with Gasteiger partial charge in [0.25, 0.3) is 0 Å². The molecular weight excluding hydrogens is 227 g/mol. The van der Waals surface area contributed by atoms with Gasteiger partial charge in [-0.15, -0.1) is 0 Å². The van der Waals surface area contributed by atoms with Crippen molar-refractivity contribution in [3.8, 4) is 0 Å². The molecule has 0 heterocycles. The number of carboxylic acid groups (broad SMARTS) is 1. The van der Waals surface area contributed by atoms with Crippen molar-refractivity contribution >= 4 is 22.8 Å². The van der Waals surface area contributed by atoms with Gasteiger partial charge in [0, 0.05) is 0 Å². The molecule has 0 fully saturated rings. The van der Waals surface area contributed by atoms with Gasteiger partial charge in [0.15, 0.2) is 0 Å². The Kier molecular flexibility index (Phi) is 4.04. The topological polar surface area (TPSA) is 37.3 Å². The predicted molar refractivity (Wildman–Crippen MR) is 54.8 cm³/mol.